The van der Waals surface area contributed by atoms with Crippen molar-refractivity contribution < 1.29 is 52.9 Å². The molecule has 20 nitrogen and oxygen atoms in total. The highest BCUT2D eigenvalue weighted by atomic mass is 19.1. The molecule has 3 atom stereocenters. The monoisotopic (exact) mass is 939 g/mol. The lowest BCUT2D eigenvalue weighted by Crippen LogP contribution is -2.52. The number of hydrogen-bond acceptors (Lipinski definition) is 13. The number of pyridine rings is 2. The molecule has 2 aromatic heterocycles. The van der Waals surface area contributed by atoms with E-state index in [4.69, 9.17) is 20.6 Å². The number of esters is 1. The van der Waals surface area contributed by atoms with E-state index in [1.54, 1.807) is 50.2 Å². The Balaban J connectivity index is 0.955. The largest absolute Gasteiger partial charge is 0.480 e. The molecule has 360 valence electrons. The van der Waals surface area contributed by atoms with Crippen molar-refractivity contribution in [1.29, 1.82) is 0 Å². The first kappa shape index (κ1) is 48.8. The van der Waals surface area contributed by atoms with Crippen molar-refractivity contribution in [2.75, 3.05) is 45.8 Å². The molecule has 0 saturated carbocycles. The molecule has 2 aliphatic heterocycles. The van der Waals surface area contributed by atoms with Gasteiger partial charge in [0.1, 0.15) is 18.5 Å². The maximum atomic E-state index is 15.3. The molecule has 2 aromatic carbocycles. The number of halogens is 1. The van der Waals surface area contributed by atoms with E-state index in [0.29, 0.717) is 57.4 Å². The molecule has 5 amide bonds. The Morgan fingerprint density at radius 2 is 1.74 bits per heavy atom. The standard InChI is InChI=1S/C47H54FN9O11/c1-3-47(67)30-17-35-43-28(21-57(35)45(65)29(30)24-68-46(47)66)42-32(12-11-27-25(2)31(48)18-33(55-43)41(27)42)53-36(58)10-7-14-50-37(59)19-52-44(64)34(16-26-8-5-4-6-9-26)54-38(60)20-51-39(61)22-56(15-13-49)23-40(62)63/h4-6,8-9,17-18,32,34,67H,3,7,10-16,19-24,49H2,1-2H3,(H,50,59)(H,51,61)(H,52,64)(H,53,58)(H,54,60)(H,62,63)/t32-,34-,47-/m0/s1. The number of carboxylic acid groups (broad SMARTS) is 1. The second-order valence-electron chi connectivity index (χ2n) is 17.1. The molecular formula is C47H54FN9O11. The fourth-order valence-corrected chi connectivity index (χ4v) is 9.13. The molecule has 4 aromatic rings. The van der Waals surface area contributed by atoms with Crippen molar-refractivity contribution in [2.45, 2.75) is 83.2 Å². The highest BCUT2D eigenvalue weighted by Gasteiger charge is 2.46. The molecule has 0 fully saturated rings. The van der Waals surface area contributed by atoms with E-state index in [2.05, 4.69) is 26.6 Å². The van der Waals surface area contributed by atoms with Gasteiger partial charge in [-0.1, -0.05) is 37.3 Å². The minimum Gasteiger partial charge on any atom is -0.480 e. The van der Waals surface area contributed by atoms with Crippen LogP contribution in [0.2, 0.25) is 0 Å². The number of hydrogen-bond donors (Lipinski definition) is 8. The molecular weight excluding hydrogens is 886 g/mol. The summed E-state index contributed by atoms with van der Waals surface area (Å²) in [6.45, 7) is 1.77. The van der Waals surface area contributed by atoms with Crippen LogP contribution in [0.5, 0.6) is 0 Å². The van der Waals surface area contributed by atoms with Gasteiger partial charge in [0.25, 0.3) is 5.56 Å². The molecule has 3 aliphatic rings. The number of cyclic esters (lactones) is 1. The van der Waals surface area contributed by atoms with E-state index in [9.17, 15) is 43.5 Å². The predicted molar refractivity (Wildman–Crippen MR) is 242 cm³/mol. The van der Waals surface area contributed by atoms with Gasteiger partial charge in [0.05, 0.1) is 61.2 Å². The number of aromatic nitrogens is 2. The van der Waals surface area contributed by atoms with Gasteiger partial charge in [0, 0.05) is 55.1 Å². The molecule has 0 unspecified atom stereocenters. The van der Waals surface area contributed by atoms with Crippen LogP contribution in [0.25, 0.3) is 22.3 Å². The molecule has 0 saturated heterocycles. The van der Waals surface area contributed by atoms with Gasteiger partial charge in [-0.2, -0.15) is 0 Å². The molecule has 0 radical (unpaired) electrons. The van der Waals surface area contributed by atoms with Crippen LogP contribution in [0, 0.1) is 12.7 Å². The number of aliphatic carboxylic acids is 1. The van der Waals surface area contributed by atoms with Crippen molar-refractivity contribution in [3.05, 3.63) is 97.6 Å². The van der Waals surface area contributed by atoms with Gasteiger partial charge >= 0.3 is 11.9 Å². The summed E-state index contributed by atoms with van der Waals surface area (Å²) in [7, 11) is 0. The van der Waals surface area contributed by atoms with Crippen LogP contribution in [0.1, 0.15) is 77.6 Å². The lowest BCUT2D eigenvalue weighted by Gasteiger charge is -2.31. The zero-order valence-corrected chi connectivity index (χ0v) is 37.7. The van der Waals surface area contributed by atoms with Gasteiger partial charge in [-0.3, -0.25) is 38.5 Å². The van der Waals surface area contributed by atoms with Crippen LogP contribution in [-0.2, 0) is 69.9 Å². The molecule has 0 bridgehead atoms. The number of carbonyl (C=O) groups excluding carboxylic acids is 6. The number of nitrogens with two attached hydrogens (primary N) is 1. The Bertz CT molecular complexity index is 2750. The van der Waals surface area contributed by atoms with Crippen LogP contribution >= 0.6 is 0 Å². The van der Waals surface area contributed by atoms with E-state index < -0.39 is 84.3 Å². The van der Waals surface area contributed by atoms with Crippen molar-refractivity contribution in [3.63, 3.8) is 0 Å². The van der Waals surface area contributed by atoms with Gasteiger partial charge < -0.3 is 51.8 Å². The first-order valence-corrected chi connectivity index (χ1v) is 22.4. The number of rotatable bonds is 20. The SMILES string of the molecule is CC[C@@]1(O)C(=O)OCc2c1cc1n(c2=O)Cc2c-1nc1cc(F)c(C)c3c1c2[C@@H](NC(=O)CCCNC(=O)CNC(=O)[C@H](Cc1ccccc1)NC(=O)CNC(=O)CN(CCN)CC(=O)O)CC3. The predicted octanol–water partition coefficient (Wildman–Crippen LogP) is -0.168. The fraction of sp³-hybridized carbons (Fsp3) is 0.426. The van der Waals surface area contributed by atoms with Gasteiger partial charge in [-0.15, -0.1) is 0 Å². The Morgan fingerprint density at radius 3 is 2.46 bits per heavy atom. The summed E-state index contributed by atoms with van der Waals surface area (Å²) in [6.07, 6.45) is 1.14. The topological polar surface area (TPSA) is 293 Å². The summed E-state index contributed by atoms with van der Waals surface area (Å²) in [6, 6.07) is 10.1. The van der Waals surface area contributed by atoms with Crippen LogP contribution in [0.3, 0.4) is 0 Å². The minimum atomic E-state index is -2.03. The number of fused-ring (bicyclic) bond motifs is 5. The number of aryl methyl sites for hydroxylation is 1. The third-order valence-corrected chi connectivity index (χ3v) is 12.6. The molecule has 0 spiro atoms. The van der Waals surface area contributed by atoms with Crippen molar-refractivity contribution in [3.8, 4) is 11.4 Å². The van der Waals surface area contributed by atoms with Crippen molar-refractivity contribution in [2.24, 2.45) is 5.73 Å². The lowest BCUT2D eigenvalue weighted by atomic mass is 9.81. The smallest absolute Gasteiger partial charge is 0.343 e. The summed E-state index contributed by atoms with van der Waals surface area (Å²) < 4.78 is 22.1. The number of amides is 5. The Kier molecular flexibility index (Phi) is 14.9. The summed E-state index contributed by atoms with van der Waals surface area (Å²) in [5, 5.41) is 34.4. The van der Waals surface area contributed by atoms with Crippen molar-refractivity contribution >= 4 is 52.4 Å². The van der Waals surface area contributed by atoms with Crippen LogP contribution < -0.4 is 37.9 Å². The molecule has 21 heteroatoms. The zero-order chi connectivity index (χ0) is 48.9. The van der Waals surface area contributed by atoms with Crippen molar-refractivity contribution in [1.82, 2.24) is 41.0 Å². The average Bonchev–Trinajstić information content (AvgIpc) is 3.68. The number of aliphatic hydroxyl groups is 1. The zero-order valence-electron chi connectivity index (χ0n) is 37.7. The van der Waals surface area contributed by atoms with Gasteiger partial charge in [0.15, 0.2) is 5.60 Å². The van der Waals surface area contributed by atoms with Crippen LogP contribution in [0.4, 0.5) is 4.39 Å². The summed E-state index contributed by atoms with van der Waals surface area (Å²) in [4.78, 5) is 109. The highest BCUT2D eigenvalue weighted by molar-refractivity contribution is 5.95. The van der Waals surface area contributed by atoms with Gasteiger partial charge in [-0.05, 0) is 60.9 Å². The third kappa shape index (κ3) is 10.4. The molecule has 1 aliphatic carbocycles. The van der Waals surface area contributed by atoms with E-state index in [-0.39, 0.29) is 82.0 Å². The summed E-state index contributed by atoms with van der Waals surface area (Å²) in [5.74, 6) is -5.30. The summed E-state index contributed by atoms with van der Waals surface area (Å²) >= 11 is 0. The van der Waals surface area contributed by atoms with Gasteiger partial charge in [-0.25, -0.2) is 14.2 Å². The Labute approximate surface area is 389 Å². The van der Waals surface area contributed by atoms with E-state index in [1.165, 1.54) is 15.5 Å². The van der Waals surface area contributed by atoms with Crippen LogP contribution in [-0.4, -0.2) is 118 Å². The summed E-state index contributed by atoms with van der Waals surface area (Å²) in [5.41, 5.74) is 7.70. The van der Waals surface area contributed by atoms with Gasteiger partial charge in [0.2, 0.25) is 29.5 Å². The van der Waals surface area contributed by atoms with E-state index in [0.717, 1.165) is 5.56 Å². The average molecular weight is 940 g/mol. The molecule has 4 heterocycles. The maximum absolute atomic E-state index is 15.3. The number of nitrogens with one attached hydrogen (secondary N) is 5. The quantitative estimate of drug-likeness (QED) is 0.0372. The van der Waals surface area contributed by atoms with E-state index >= 15 is 4.39 Å². The third-order valence-electron chi connectivity index (χ3n) is 12.6. The Hall–Kier alpha value is -7.10. The second-order valence-corrected chi connectivity index (χ2v) is 17.1. The first-order valence-electron chi connectivity index (χ1n) is 22.4. The molecule has 68 heavy (non-hydrogen) atoms. The lowest BCUT2D eigenvalue weighted by molar-refractivity contribution is -0.172. The number of benzene rings is 2. The fourth-order valence-electron chi connectivity index (χ4n) is 9.13. The molecule has 9 N–H and O–H groups in total. The normalized spacial score (nSPS) is 17.0. The van der Waals surface area contributed by atoms with E-state index in [1.807, 2.05) is 0 Å². The number of carboxylic acids is 1. The highest BCUT2D eigenvalue weighted by Crippen LogP contribution is 2.46. The van der Waals surface area contributed by atoms with Crippen LogP contribution in [0.15, 0.2) is 47.3 Å². The number of ether oxygens (including phenoxy) is 1. The minimum absolute atomic E-state index is 0.0111. The number of carbonyl (C=O) groups is 7. The number of nitrogens with zero attached hydrogens (tertiary/aromatic N) is 3. The first-order chi connectivity index (χ1) is 32.5. The Morgan fingerprint density at radius 1 is 0.985 bits per heavy atom. The second kappa shape index (κ2) is 20.8. The maximum Gasteiger partial charge on any atom is 0.343 e. The molecule has 7 rings (SSSR count).